The minimum atomic E-state index is -3.43. The smallest absolute Gasteiger partial charge is 0.255 e. The van der Waals surface area contributed by atoms with Gasteiger partial charge in [-0.3, -0.25) is 14.4 Å². The number of hydrogen-bond acceptors (Lipinski definition) is 9. The summed E-state index contributed by atoms with van der Waals surface area (Å²) in [5, 5.41) is 0. The number of ketones is 1. The van der Waals surface area contributed by atoms with Gasteiger partial charge in [-0.25, -0.2) is 16.8 Å². The summed E-state index contributed by atoms with van der Waals surface area (Å²) in [6, 6.07) is 25.4. The SMILES string of the molecule is CC(C(=O)C(C)c1ccc(N2CCN(C(=O)c3cc(S(C)(=O)=O)ccc3I)CC2)cc1)c1ccc(N2CCN(C(=O)c3cc(S(C)(=O)=O)ccc3I)CC2)cc1. The summed E-state index contributed by atoms with van der Waals surface area (Å²) in [4.78, 5) is 48.6. The maximum atomic E-state index is 13.7. The number of carbonyl (C=O) groups excluding carboxylic acids is 3. The van der Waals surface area contributed by atoms with Crippen LogP contribution in [0.4, 0.5) is 11.4 Å². The number of carbonyl (C=O) groups is 3. The van der Waals surface area contributed by atoms with Crippen LogP contribution in [0.15, 0.2) is 94.7 Å². The van der Waals surface area contributed by atoms with Gasteiger partial charge < -0.3 is 19.6 Å². The van der Waals surface area contributed by atoms with Gasteiger partial charge in [0.05, 0.1) is 20.9 Å². The van der Waals surface area contributed by atoms with Crippen LogP contribution in [-0.4, -0.2) is 109 Å². The summed E-state index contributed by atoms with van der Waals surface area (Å²) in [5.74, 6) is -0.861. The number of nitrogens with zero attached hydrogens (tertiary/aromatic N) is 4. The third-order valence-corrected chi connectivity index (χ3v) is 14.8. The van der Waals surface area contributed by atoms with Crippen molar-refractivity contribution in [2.24, 2.45) is 0 Å². The average Bonchev–Trinajstić information content (AvgIpc) is 3.19. The summed E-state index contributed by atoms with van der Waals surface area (Å²) in [6.45, 7) is 8.41. The number of anilines is 2. The quantitative estimate of drug-likeness (QED) is 0.173. The highest BCUT2D eigenvalue weighted by atomic mass is 127. The molecule has 11 nitrogen and oxygen atoms in total. The molecular weight excluding hydrogens is 978 g/mol. The Balaban J connectivity index is 1.01. The maximum Gasteiger partial charge on any atom is 0.255 e. The van der Waals surface area contributed by atoms with E-state index in [9.17, 15) is 31.2 Å². The van der Waals surface area contributed by atoms with Crippen LogP contribution in [0.1, 0.15) is 57.5 Å². The number of benzene rings is 4. The summed E-state index contributed by atoms with van der Waals surface area (Å²) in [7, 11) is -6.86. The molecule has 0 bridgehead atoms. The second kappa shape index (κ2) is 17.1. The number of hydrogen-bond donors (Lipinski definition) is 0. The first-order valence-electron chi connectivity index (χ1n) is 18.2. The molecule has 0 saturated carbocycles. The summed E-state index contributed by atoms with van der Waals surface area (Å²) in [6.07, 6.45) is 2.27. The van der Waals surface area contributed by atoms with E-state index in [4.69, 9.17) is 0 Å². The van der Waals surface area contributed by atoms with Crippen molar-refractivity contribution in [2.45, 2.75) is 35.5 Å². The molecule has 56 heavy (non-hydrogen) atoms. The fourth-order valence-electron chi connectivity index (χ4n) is 7.13. The Morgan fingerprint density at radius 2 is 0.839 bits per heavy atom. The molecule has 0 aliphatic carbocycles. The molecule has 4 aromatic carbocycles. The monoisotopic (exact) mass is 1020 g/mol. The Morgan fingerprint density at radius 3 is 1.14 bits per heavy atom. The zero-order valence-electron chi connectivity index (χ0n) is 31.6. The standard InChI is InChI=1S/C41H44I2N4O7S2/c1-27(29-5-9-31(10-6-29)44-17-21-46(22-18-44)40(49)35-25-33(55(3,51)52)13-15-37(35)42)39(48)28(2)30-7-11-32(12-8-30)45-19-23-47(24-20-45)41(50)36-26-34(56(4,53)54)14-16-38(36)43/h5-16,25-28H,17-24H2,1-4H3. The summed E-state index contributed by atoms with van der Waals surface area (Å²) >= 11 is 4.13. The molecule has 4 aromatic rings. The zero-order chi connectivity index (χ0) is 40.5. The molecule has 0 aromatic heterocycles. The number of piperazine rings is 2. The Bertz CT molecular complexity index is 2190. The van der Waals surface area contributed by atoms with Gasteiger partial charge in [-0.05, 0) is 117 Å². The average molecular weight is 1020 g/mol. The predicted molar refractivity (Wildman–Crippen MR) is 235 cm³/mol. The third kappa shape index (κ3) is 9.42. The van der Waals surface area contributed by atoms with Crippen molar-refractivity contribution in [1.82, 2.24) is 9.80 Å². The molecule has 2 saturated heterocycles. The van der Waals surface area contributed by atoms with E-state index in [0.29, 0.717) is 70.6 Å². The van der Waals surface area contributed by atoms with Gasteiger partial charge in [0.1, 0.15) is 5.78 Å². The lowest BCUT2D eigenvalue weighted by molar-refractivity contribution is -0.121. The summed E-state index contributed by atoms with van der Waals surface area (Å²) < 4.78 is 49.7. The Labute approximate surface area is 356 Å². The highest BCUT2D eigenvalue weighted by Crippen LogP contribution is 2.30. The van der Waals surface area contributed by atoms with Crippen molar-refractivity contribution < 1.29 is 31.2 Å². The molecular formula is C41H44I2N4O7S2. The van der Waals surface area contributed by atoms with E-state index in [1.807, 2.05) is 62.4 Å². The lowest BCUT2D eigenvalue weighted by Gasteiger charge is -2.36. The van der Waals surface area contributed by atoms with Crippen LogP contribution in [0.5, 0.6) is 0 Å². The fraction of sp³-hybridized carbons (Fsp3) is 0.341. The van der Waals surface area contributed by atoms with Crippen LogP contribution in [0.2, 0.25) is 0 Å². The van der Waals surface area contributed by atoms with E-state index in [-0.39, 0.29) is 39.2 Å². The maximum absolute atomic E-state index is 13.7. The molecule has 2 unspecified atom stereocenters. The Hall–Kier alpha value is -3.55. The van der Waals surface area contributed by atoms with E-state index in [2.05, 4.69) is 55.0 Å². The zero-order valence-corrected chi connectivity index (χ0v) is 37.6. The predicted octanol–water partition coefficient (Wildman–Crippen LogP) is 6.10. The first-order valence-corrected chi connectivity index (χ1v) is 24.2. The Morgan fingerprint density at radius 1 is 0.518 bits per heavy atom. The topological polar surface area (TPSA) is 132 Å². The van der Waals surface area contributed by atoms with Crippen molar-refractivity contribution >= 4 is 93.8 Å². The van der Waals surface area contributed by atoms with Gasteiger partial charge in [0.25, 0.3) is 11.8 Å². The van der Waals surface area contributed by atoms with Crippen LogP contribution in [0.25, 0.3) is 0 Å². The molecule has 2 atom stereocenters. The molecule has 2 fully saturated rings. The molecule has 6 rings (SSSR count). The van der Waals surface area contributed by atoms with Gasteiger partial charge >= 0.3 is 0 Å². The first-order chi connectivity index (χ1) is 26.4. The molecule has 0 radical (unpaired) electrons. The van der Waals surface area contributed by atoms with Crippen LogP contribution in [0, 0.1) is 7.14 Å². The molecule has 296 valence electrons. The normalized spacial score (nSPS) is 16.4. The number of halogens is 2. The van der Waals surface area contributed by atoms with Crippen molar-refractivity contribution in [3.05, 3.63) is 114 Å². The molecule has 15 heteroatoms. The summed E-state index contributed by atoms with van der Waals surface area (Å²) in [5.41, 5.74) is 4.68. The van der Waals surface area contributed by atoms with Crippen LogP contribution >= 0.6 is 45.2 Å². The van der Waals surface area contributed by atoms with Gasteiger partial charge in [-0.1, -0.05) is 38.1 Å². The highest BCUT2D eigenvalue weighted by molar-refractivity contribution is 14.1. The van der Waals surface area contributed by atoms with Gasteiger partial charge in [0, 0.05) is 95.2 Å². The van der Waals surface area contributed by atoms with E-state index >= 15 is 0 Å². The minimum absolute atomic E-state index is 0.119. The van der Waals surface area contributed by atoms with E-state index in [1.54, 1.807) is 21.9 Å². The van der Waals surface area contributed by atoms with Gasteiger partial charge in [0.2, 0.25) is 0 Å². The van der Waals surface area contributed by atoms with Crippen molar-refractivity contribution in [2.75, 3.05) is 74.7 Å². The number of sulfone groups is 2. The van der Waals surface area contributed by atoms with E-state index in [0.717, 1.165) is 35.0 Å². The fourth-order valence-corrected chi connectivity index (χ4v) is 9.55. The van der Waals surface area contributed by atoms with E-state index < -0.39 is 19.7 Å². The molecule has 2 heterocycles. The minimum Gasteiger partial charge on any atom is -0.368 e. The lowest BCUT2D eigenvalue weighted by atomic mass is 9.85. The van der Waals surface area contributed by atoms with Crippen molar-refractivity contribution in [3.63, 3.8) is 0 Å². The van der Waals surface area contributed by atoms with Crippen LogP contribution < -0.4 is 9.80 Å². The first kappa shape index (κ1) is 42.1. The Kier molecular flexibility index (Phi) is 12.9. The van der Waals surface area contributed by atoms with Crippen LogP contribution in [-0.2, 0) is 24.5 Å². The molecule has 2 aliphatic rings. The highest BCUT2D eigenvalue weighted by Gasteiger charge is 2.28. The molecule has 0 N–H and O–H groups in total. The van der Waals surface area contributed by atoms with Crippen LogP contribution in [0.3, 0.4) is 0 Å². The number of rotatable bonds is 10. The van der Waals surface area contributed by atoms with Crippen molar-refractivity contribution in [3.8, 4) is 0 Å². The number of Topliss-reactive ketones (excluding diaryl/α,β-unsaturated/α-hetero) is 1. The lowest BCUT2D eigenvalue weighted by Crippen LogP contribution is -2.49. The molecule has 2 amide bonds. The van der Waals surface area contributed by atoms with Gasteiger partial charge in [-0.15, -0.1) is 0 Å². The second-order valence-electron chi connectivity index (χ2n) is 14.4. The third-order valence-electron chi connectivity index (χ3n) is 10.7. The van der Waals surface area contributed by atoms with Gasteiger partial charge in [-0.2, -0.15) is 0 Å². The van der Waals surface area contributed by atoms with Crippen molar-refractivity contribution in [1.29, 1.82) is 0 Å². The second-order valence-corrected chi connectivity index (χ2v) is 20.8. The number of amides is 2. The van der Waals surface area contributed by atoms with E-state index in [1.165, 1.54) is 24.3 Å². The van der Waals surface area contributed by atoms with Gasteiger partial charge in [0.15, 0.2) is 19.7 Å². The largest absolute Gasteiger partial charge is 0.368 e. The molecule has 2 aliphatic heterocycles. The molecule has 0 spiro atoms.